The standard InChI is InChI=1S/C13H29NO2/c1-6-13(9-14-8-11(3)4)16-12(5)10-15-7-2/h11-14H,6-10H2,1-5H3. The quantitative estimate of drug-likeness (QED) is 0.626. The Morgan fingerprint density at radius 1 is 1.06 bits per heavy atom. The fraction of sp³-hybridized carbons (Fsp3) is 1.00. The van der Waals surface area contributed by atoms with E-state index in [-0.39, 0.29) is 6.10 Å². The molecule has 3 heteroatoms. The Hall–Kier alpha value is -0.120. The van der Waals surface area contributed by atoms with Crippen LogP contribution >= 0.6 is 0 Å². The molecule has 2 unspecified atom stereocenters. The van der Waals surface area contributed by atoms with E-state index in [0.29, 0.717) is 18.6 Å². The lowest BCUT2D eigenvalue weighted by atomic mass is 10.2. The van der Waals surface area contributed by atoms with E-state index in [1.807, 2.05) is 6.92 Å². The topological polar surface area (TPSA) is 30.5 Å². The lowest BCUT2D eigenvalue weighted by Crippen LogP contribution is -2.34. The summed E-state index contributed by atoms with van der Waals surface area (Å²) in [5.74, 6) is 0.693. The van der Waals surface area contributed by atoms with Crippen LogP contribution in [0.1, 0.15) is 41.0 Å². The maximum atomic E-state index is 5.90. The normalized spacial score (nSPS) is 15.4. The maximum absolute atomic E-state index is 5.90. The molecule has 0 saturated carbocycles. The minimum absolute atomic E-state index is 0.186. The zero-order valence-corrected chi connectivity index (χ0v) is 11.6. The molecule has 0 aliphatic carbocycles. The van der Waals surface area contributed by atoms with E-state index in [4.69, 9.17) is 9.47 Å². The summed E-state index contributed by atoms with van der Waals surface area (Å²) in [5.41, 5.74) is 0. The molecule has 3 nitrogen and oxygen atoms in total. The summed E-state index contributed by atoms with van der Waals surface area (Å²) in [5, 5.41) is 3.43. The Morgan fingerprint density at radius 3 is 2.25 bits per heavy atom. The van der Waals surface area contributed by atoms with Gasteiger partial charge in [-0.1, -0.05) is 20.8 Å². The van der Waals surface area contributed by atoms with Crippen molar-refractivity contribution in [3.05, 3.63) is 0 Å². The van der Waals surface area contributed by atoms with Gasteiger partial charge in [0.05, 0.1) is 18.8 Å². The third-order valence-electron chi connectivity index (χ3n) is 2.36. The highest BCUT2D eigenvalue weighted by Gasteiger charge is 2.11. The van der Waals surface area contributed by atoms with Crippen LogP contribution in [0.25, 0.3) is 0 Å². The molecule has 16 heavy (non-hydrogen) atoms. The van der Waals surface area contributed by atoms with Gasteiger partial charge in [-0.3, -0.25) is 0 Å². The first kappa shape index (κ1) is 15.9. The van der Waals surface area contributed by atoms with Crippen LogP contribution in [0.4, 0.5) is 0 Å². The van der Waals surface area contributed by atoms with Crippen molar-refractivity contribution in [1.29, 1.82) is 0 Å². The maximum Gasteiger partial charge on any atom is 0.0784 e. The van der Waals surface area contributed by atoms with Gasteiger partial charge in [-0.2, -0.15) is 0 Å². The molecule has 0 radical (unpaired) electrons. The smallest absolute Gasteiger partial charge is 0.0784 e. The monoisotopic (exact) mass is 231 g/mol. The minimum atomic E-state index is 0.186. The van der Waals surface area contributed by atoms with Gasteiger partial charge in [0, 0.05) is 13.2 Å². The van der Waals surface area contributed by atoms with Crippen molar-refractivity contribution in [2.45, 2.75) is 53.2 Å². The van der Waals surface area contributed by atoms with Gasteiger partial charge in [-0.05, 0) is 32.7 Å². The fourth-order valence-electron chi connectivity index (χ4n) is 1.47. The van der Waals surface area contributed by atoms with Crippen molar-refractivity contribution in [3.63, 3.8) is 0 Å². The average molecular weight is 231 g/mol. The van der Waals surface area contributed by atoms with Gasteiger partial charge in [0.2, 0.25) is 0 Å². The molecule has 0 aliphatic heterocycles. The average Bonchev–Trinajstić information content (AvgIpc) is 2.24. The van der Waals surface area contributed by atoms with E-state index in [2.05, 4.69) is 33.0 Å². The van der Waals surface area contributed by atoms with Crippen LogP contribution in [-0.2, 0) is 9.47 Å². The predicted octanol–water partition coefficient (Wildman–Crippen LogP) is 2.45. The van der Waals surface area contributed by atoms with Crippen LogP contribution in [0.15, 0.2) is 0 Å². The lowest BCUT2D eigenvalue weighted by molar-refractivity contribution is -0.0465. The molecule has 0 rings (SSSR count). The van der Waals surface area contributed by atoms with Gasteiger partial charge in [0.1, 0.15) is 0 Å². The first-order valence-electron chi connectivity index (χ1n) is 6.54. The van der Waals surface area contributed by atoms with Crippen molar-refractivity contribution in [2.75, 3.05) is 26.3 Å². The minimum Gasteiger partial charge on any atom is -0.379 e. The van der Waals surface area contributed by atoms with Crippen molar-refractivity contribution in [2.24, 2.45) is 5.92 Å². The Balaban J connectivity index is 3.64. The lowest BCUT2D eigenvalue weighted by Gasteiger charge is -2.22. The largest absolute Gasteiger partial charge is 0.379 e. The number of rotatable bonds is 10. The Kier molecular flexibility index (Phi) is 9.99. The van der Waals surface area contributed by atoms with E-state index in [9.17, 15) is 0 Å². The van der Waals surface area contributed by atoms with Gasteiger partial charge in [-0.25, -0.2) is 0 Å². The molecule has 0 aromatic heterocycles. The third kappa shape index (κ3) is 9.13. The van der Waals surface area contributed by atoms with Gasteiger partial charge >= 0.3 is 0 Å². The van der Waals surface area contributed by atoms with Gasteiger partial charge < -0.3 is 14.8 Å². The summed E-state index contributed by atoms with van der Waals surface area (Å²) in [6.07, 6.45) is 1.53. The summed E-state index contributed by atoms with van der Waals surface area (Å²) in [6, 6.07) is 0. The second kappa shape index (κ2) is 10.1. The molecule has 0 aromatic rings. The van der Waals surface area contributed by atoms with Crippen molar-refractivity contribution in [1.82, 2.24) is 5.32 Å². The summed E-state index contributed by atoms with van der Waals surface area (Å²) in [4.78, 5) is 0. The van der Waals surface area contributed by atoms with Crippen molar-refractivity contribution < 1.29 is 9.47 Å². The van der Waals surface area contributed by atoms with Crippen LogP contribution < -0.4 is 5.32 Å². The molecule has 0 amide bonds. The zero-order valence-electron chi connectivity index (χ0n) is 11.6. The molecule has 0 saturated heterocycles. The highest BCUT2D eigenvalue weighted by molar-refractivity contribution is 4.63. The van der Waals surface area contributed by atoms with E-state index >= 15 is 0 Å². The SMILES string of the molecule is CCOCC(C)OC(CC)CNCC(C)C. The predicted molar refractivity (Wildman–Crippen MR) is 68.8 cm³/mol. The van der Waals surface area contributed by atoms with E-state index < -0.39 is 0 Å². The first-order valence-corrected chi connectivity index (χ1v) is 6.54. The van der Waals surface area contributed by atoms with Crippen LogP contribution in [0, 0.1) is 5.92 Å². The van der Waals surface area contributed by atoms with Crippen LogP contribution in [0.2, 0.25) is 0 Å². The fourth-order valence-corrected chi connectivity index (χ4v) is 1.47. The number of nitrogens with one attached hydrogen (secondary N) is 1. The van der Waals surface area contributed by atoms with E-state index in [0.717, 1.165) is 26.1 Å². The second-order valence-electron chi connectivity index (χ2n) is 4.69. The van der Waals surface area contributed by atoms with E-state index in [1.165, 1.54) is 0 Å². The van der Waals surface area contributed by atoms with Gasteiger partial charge in [0.25, 0.3) is 0 Å². The second-order valence-corrected chi connectivity index (χ2v) is 4.69. The molecule has 1 N–H and O–H groups in total. The molecular weight excluding hydrogens is 202 g/mol. The summed E-state index contributed by atoms with van der Waals surface area (Å²) in [6.45, 7) is 14.1. The highest BCUT2D eigenvalue weighted by Crippen LogP contribution is 2.03. The van der Waals surface area contributed by atoms with Gasteiger partial charge in [-0.15, -0.1) is 0 Å². The number of hydrogen-bond acceptors (Lipinski definition) is 3. The van der Waals surface area contributed by atoms with Crippen LogP contribution in [0.5, 0.6) is 0 Å². The summed E-state index contributed by atoms with van der Waals surface area (Å²) in [7, 11) is 0. The van der Waals surface area contributed by atoms with Crippen LogP contribution in [0.3, 0.4) is 0 Å². The van der Waals surface area contributed by atoms with Crippen LogP contribution in [-0.4, -0.2) is 38.5 Å². The Morgan fingerprint density at radius 2 is 1.75 bits per heavy atom. The molecule has 0 spiro atoms. The zero-order chi connectivity index (χ0) is 12.4. The Labute approximate surface area is 101 Å². The number of hydrogen-bond donors (Lipinski definition) is 1. The molecule has 2 atom stereocenters. The molecule has 98 valence electrons. The molecule has 0 heterocycles. The molecule has 0 aromatic carbocycles. The highest BCUT2D eigenvalue weighted by atomic mass is 16.5. The van der Waals surface area contributed by atoms with Crippen molar-refractivity contribution in [3.8, 4) is 0 Å². The molecule has 0 fully saturated rings. The third-order valence-corrected chi connectivity index (χ3v) is 2.36. The first-order chi connectivity index (χ1) is 7.60. The number of ether oxygens (including phenoxy) is 2. The molecule has 0 aliphatic rings. The molecular formula is C13H29NO2. The summed E-state index contributed by atoms with van der Waals surface area (Å²) >= 11 is 0. The van der Waals surface area contributed by atoms with Crippen molar-refractivity contribution >= 4 is 0 Å². The Bertz CT molecular complexity index is 151. The molecule has 0 bridgehead atoms. The summed E-state index contributed by atoms with van der Waals surface area (Å²) < 4.78 is 11.2. The van der Waals surface area contributed by atoms with E-state index in [1.54, 1.807) is 0 Å². The van der Waals surface area contributed by atoms with Gasteiger partial charge in [0.15, 0.2) is 0 Å².